The van der Waals surface area contributed by atoms with E-state index in [1.807, 2.05) is 0 Å². The number of carbonyl (C=O) groups is 1. The van der Waals surface area contributed by atoms with Gasteiger partial charge in [0.1, 0.15) is 6.10 Å². The molecule has 1 aliphatic rings. The molecule has 24 heavy (non-hydrogen) atoms. The molecule has 0 heterocycles. The first-order chi connectivity index (χ1) is 10.8. The lowest BCUT2D eigenvalue weighted by atomic mass is 9.80. The van der Waals surface area contributed by atoms with Gasteiger partial charge in [0, 0.05) is 12.0 Å². The standard InChI is InChI=1S/C15H20F6O3/c1-9(2)12(22)24-11(10-6-4-3-5-7-10)8-13(23,14(16,17)18)15(19,20)21/h10-11,23H,1,3-8H2,2H3. The monoisotopic (exact) mass is 362 g/mol. The fourth-order valence-electron chi connectivity index (χ4n) is 2.73. The maximum absolute atomic E-state index is 12.9. The first-order valence-electron chi connectivity index (χ1n) is 7.52. The minimum Gasteiger partial charge on any atom is -0.459 e. The highest BCUT2D eigenvalue weighted by Gasteiger charge is 2.71. The van der Waals surface area contributed by atoms with Crippen molar-refractivity contribution in [1.82, 2.24) is 0 Å². The molecular weight excluding hydrogens is 342 g/mol. The van der Waals surface area contributed by atoms with Gasteiger partial charge in [0.25, 0.3) is 5.60 Å². The molecule has 0 spiro atoms. The summed E-state index contributed by atoms with van der Waals surface area (Å²) in [5.74, 6) is -1.74. The number of ether oxygens (including phenoxy) is 1. The zero-order valence-corrected chi connectivity index (χ0v) is 13.1. The van der Waals surface area contributed by atoms with Crippen LogP contribution in [0.15, 0.2) is 12.2 Å². The van der Waals surface area contributed by atoms with Crippen molar-refractivity contribution in [3.8, 4) is 0 Å². The molecule has 0 bridgehead atoms. The first kappa shape index (κ1) is 20.8. The van der Waals surface area contributed by atoms with Gasteiger partial charge in [-0.15, -0.1) is 0 Å². The molecule has 1 unspecified atom stereocenters. The van der Waals surface area contributed by atoms with E-state index in [9.17, 15) is 36.2 Å². The molecule has 1 saturated carbocycles. The van der Waals surface area contributed by atoms with Crippen LogP contribution in [-0.2, 0) is 9.53 Å². The second-order valence-electron chi connectivity index (χ2n) is 6.18. The molecule has 1 atom stereocenters. The van der Waals surface area contributed by atoms with E-state index in [1.54, 1.807) is 0 Å². The molecule has 0 aromatic rings. The SMILES string of the molecule is C=C(C)C(=O)OC(CC(O)(C(F)(F)F)C(F)(F)F)C1CCCCC1. The van der Waals surface area contributed by atoms with Crippen LogP contribution < -0.4 is 0 Å². The number of alkyl halides is 6. The van der Waals surface area contributed by atoms with Crippen LogP contribution in [-0.4, -0.2) is 35.1 Å². The highest BCUT2D eigenvalue weighted by atomic mass is 19.4. The highest BCUT2D eigenvalue weighted by molar-refractivity contribution is 5.87. The molecule has 0 aromatic heterocycles. The second-order valence-corrected chi connectivity index (χ2v) is 6.18. The minimum atomic E-state index is -5.94. The van der Waals surface area contributed by atoms with Crippen molar-refractivity contribution in [1.29, 1.82) is 0 Å². The van der Waals surface area contributed by atoms with Crippen molar-refractivity contribution in [2.75, 3.05) is 0 Å². The molecule has 1 fully saturated rings. The van der Waals surface area contributed by atoms with Gasteiger partial charge in [-0.3, -0.25) is 0 Å². The Bertz CT molecular complexity index is 449. The van der Waals surface area contributed by atoms with Crippen LogP contribution in [0.1, 0.15) is 45.4 Å². The van der Waals surface area contributed by atoms with Crippen molar-refractivity contribution in [3.63, 3.8) is 0 Å². The van der Waals surface area contributed by atoms with E-state index in [-0.39, 0.29) is 5.57 Å². The Balaban J connectivity index is 3.12. The van der Waals surface area contributed by atoms with E-state index in [0.29, 0.717) is 25.7 Å². The van der Waals surface area contributed by atoms with Gasteiger partial charge in [0.15, 0.2) is 0 Å². The number of hydrogen-bond acceptors (Lipinski definition) is 3. The van der Waals surface area contributed by atoms with Crippen molar-refractivity contribution < 1.29 is 41.0 Å². The predicted octanol–water partition coefficient (Wildman–Crippen LogP) is 4.30. The number of halogens is 6. The van der Waals surface area contributed by atoms with E-state index in [0.717, 1.165) is 6.42 Å². The molecular formula is C15H20F6O3. The van der Waals surface area contributed by atoms with Crippen LogP contribution >= 0.6 is 0 Å². The summed E-state index contributed by atoms with van der Waals surface area (Å²) in [4.78, 5) is 11.6. The molecule has 1 aliphatic carbocycles. The van der Waals surface area contributed by atoms with Crippen molar-refractivity contribution in [2.24, 2.45) is 5.92 Å². The van der Waals surface area contributed by atoms with E-state index in [2.05, 4.69) is 6.58 Å². The lowest BCUT2D eigenvalue weighted by Gasteiger charge is -2.38. The Kier molecular flexibility index (Phi) is 6.35. The summed E-state index contributed by atoms with van der Waals surface area (Å²) in [6.45, 7) is 4.50. The molecule has 140 valence electrons. The fraction of sp³-hybridized carbons (Fsp3) is 0.800. The minimum absolute atomic E-state index is 0.140. The average molecular weight is 362 g/mol. The second kappa shape index (κ2) is 7.33. The normalized spacial score (nSPS) is 19.0. The molecule has 1 N–H and O–H groups in total. The van der Waals surface area contributed by atoms with Crippen LogP contribution in [0.3, 0.4) is 0 Å². The summed E-state index contributed by atoms with van der Waals surface area (Å²) in [6.07, 6.45) is -12.6. The molecule has 1 rings (SSSR count). The fourth-order valence-corrected chi connectivity index (χ4v) is 2.73. The Morgan fingerprint density at radius 3 is 1.96 bits per heavy atom. The number of hydrogen-bond donors (Lipinski definition) is 1. The van der Waals surface area contributed by atoms with E-state index in [1.165, 1.54) is 6.92 Å². The third-order valence-electron chi connectivity index (χ3n) is 4.22. The summed E-state index contributed by atoms with van der Waals surface area (Å²) in [5.41, 5.74) is -5.07. The molecule has 0 amide bonds. The Labute approximate surface area is 135 Å². The smallest absolute Gasteiger partial charge is 0.426 e. The number of aliphatic hydroxyl groups is 1. The lowest BCUT2D eigenvalue weighted by Crippen LogP contribution is -2.59. The maximum atomic E-state index is 12.9. The van der Waals surface area contributed by atoms with E-state index >= 15 is 0 Å². The van der Waals surface area contributed by atoms with Gasteiger partial charge in [-0.1, -0.05) is 25.8 Å². The summed E-state index contributed by atoms with van der Waals surface area (Å²) >= 11 is 0. The Morgan fingerprint density at radius 2 is 1.58 bits per heavy atom. The average Bonchev–Trinajstić information content (AvgIpc) is 2.44. The maximum Gasteiger partial charge on any atom is 0.426 e. The van der Waals surface area contributed by atoms with Crippen LogP contribution in [0.4, 0.5) is 26.3 Å². The van der Waals surface area contributed by atoms with Crippen molar-refractivity contribution in [3.05, 3.63) is 12.2 Å². The Morgan fingerprint density at radius 1 is 1.12 bits per heavy atom. The van der Waals surface area contributed by atoms with Gasteiger partial charge < -0.3 is 9.84 Å². The molecule has 0 aliphatic heterocycles. The molecule has 3 nitrogen and oxygen atoms in total. The zero-order valence-electron chi connectivity index (χ0n) is 13.1. The Hall–Kier alpha value is -1.25. The van der Waals surface area contributed by atoms with Gasteiger partial charge in [-0.25, -0.2) is 4.79 Å². The zero-order chi connectivity index (χ0) is 18.8. The predicted molar refractivity (Wildman–Crippen MR) is 72.9 cm³/mol. The van der Waals surface area contributed by atoms with E-state index in [4.69, 9.17) is 4.74 Å². The molecule has 9 heteroatoms. The highest BCUT2D eigenvalue weighted by Crippen LogP contribution is 2.47. The molecule has 0 radical (unpaired) electrons. The van der Waals surface area contributed by atoms with Gasteiger partial charge in [-0.2, -0.15) is 26.3 Å². The van der Waals surface area contributed by atoms with Gasteiger partial charge in [-0.05, 0) is 25.7 Å². The van der Waals surface area contributed by atoms with Crippen LogP contribution in [0.5, 0.6) is 0 Å². The number of rotatable bonds is 5. The quantitative estimate of drug-likeness (QED) is 0.451. The van der Waals surface area contributed by atoms with Crippen molar-refractivity contribution >= 4 is 5.97 Å². The lowest BCUT2D eigenvalue weighted by molar-refractivity contribution is -0.375. The van der Waals surface area contributed by atoms with Gasteiger partial charge in [0.05, 0.1) is 0 Å². The number of esters is 1. The molecule has 0 saturated heterocycles. The summed E-state index contributed by atoms with van der Waals surface area (Å²) in [6, 6.07) is 0. The van der Waals surface area contributed by atoms with Gasteiger partial charge in [0.2, 0.25) is 0 Å². The summed E-state index contributed by atoms with van der Waals surface area (Å²) in [7, 11) is 0. The van der Waals surface area contributed by atoms with Crippen LogP contribution in [0, 0.1) is 5.92 Å². The topological polar surface area (TPSA) is 46.5 Å². The number of carbonyl (C=O) groups excluding carboxylic acids is 1. The summed E-state index contributed by atoms with van der Waals surface area (Å²) < 4.78 is 82.2. The molecule has 0 aromatic carbocycles. The first-order valence-corrected chi connectivity index (χ1v) is 7.52. The van der Waals surface area contributed by atoms with E-state index < -0.39 is 42.4 Å². The third kappa shape index (κ3) is 4.64. The van der Waals surface area contributed by atoms with Crippen molar-refractivity contribution in [2.45, 2.75) is 69.5 Å². The largest absolute Gasteiger partial charge is 0.459 e. The van der Waals surface area contributed by atoms with Crippen LogP contribution in [0.25, 0.3) is 0 Å². The third-order valence-corrected chi connectivity index (χ3v) is 4.22. The van der Waals surface area contributed by atoms with Crippen LogP contribution in [0.2, 0.25) is 0 Å². The summed E-state index contributed by atoms with van der Waals surface area (Å²) in [5, 5.41) is 9.37. The van der Waals surface area contributed by atoms with Gasteiger partial charge >= 0.3 is 18.3 Å².